The molecular formula is C14H16N4O3. The summed E-state index contributed by atoms with van der Waals surface area (Å²) in [5.41, 5.74) is 7.34. The van der Waals surface area contributed by atoms with E-state index in [4.69, 9.17) is 15.2 Å². The van der Waals surface area contributed by atoms with E-state index in [0.717, 1.165) is 6.42 Å². The molecule has 21 heavy (non-hydrogen) atoms. The topological polar surface area (TPSA) is 91.4 Å². The highest BCUT2D eigenvalue weighted by Crippen LogP contribution is 2.36. The summed E-state index contributed by atoms with van der Waals surface area (Å²) >= 11 is 0. The number of nitrogens with zero attached hydrogens (tertiary/aromatic N) is 2. The second-order valence-corrected chi connectivity index (χ2v) is 4.79. The number of carbonyl (C=O) groups is 1. The standard InChI is InChI=1S/C14H16N4O3/c1-18-8-9(7-16-18)14(19)17-11-6-13-12(5-10(11)15)20-3-2-4-21-13/h5-8H,2-4,15H2,1H3,(H,17,19). The first-order valence-electron chi connectivity index (χ1n) is 6.62. The first-order valence-corrected chi connectivity index (χ1v) is 6.62. The zero-order valence-electron chi connectivity index (χ0n) is 11.6. The fourth-order valence-electron chi connectivity index (χ4n) is 2.07. The van der Waals surface area contributed by atoms with Gasteiger partial charge in [0.05, 0.1) is 36.3 Å². The molecule has 3 N–H and O–H groups in total. The molecule has 1 aromatic carbocycles. The Labute approximate surface area is 121 Å². The molecule has 0 atom stereocenters. The summed E-state index contributed by atoms with van der Waals surface area (Å²) in [5, 5.41) is 6.72. The number of rotatable bonds is 2. The van der Waals surface area contributed by atoms with E-state index in [-0.39, 0.29) is 5.91 Å². The molecule has 3 rings (SSSR count). The van der Waals surface area contributed by atoms with Crippen LogP contribution in [0.15, 0.2) is 24.5 Å². The van der Waals surface area contributed by atoms with Gasteiger partial charge in [0.1, 0.15) is 0 Å². The molecule has 0 unspecified atom stereocenters. The quantitative estimate of drug-likeness (QED) is 0.815. The molecule has 0 radical (unpaired) electrons. The van der Waals surface area contributed by atoms with Crippen molar-refractivity contribution in [1.29, 1.82) is 0 Å². The molecule has 0 saturated carbocycles. The summed E-state index contributed by atoms with van der Waals surface area (Å²) in [5.74, 6) is 0.914. The van der Waals surface area contributed by atoms with Crippen LogP contribution in [0.2, 0.25) is 0 Å². The van der Waals surface area contributed by atoms with Crippen molar-refractivity contribution in [1.82, 2.24) is 9.78 Å². The van der Waals surface area contributed by atoms with Gasteiger partial charge in [0.2, 0.25) is 0 Å². The first kappa shape index (κ1) is 13.3. The van der Waals surface area contributed by atoms with Gasteiger partial charge in [-0.05, 0) is 0 Å². The van der Waals surface area contributed by atoms with Gasteiger partial charge in [-0.1, -0.05) is 0 Å². The summed E-state index contributed by atoms with van der Waals surface area (Å²) in [6.45, 7) is 1.17. The second-order valence-electron chi connectivity index (χ2n) is 4.79. The number of hydrogen-bond acceptors (Lipinski definition) is 5. The van der Waals surface area contributed by atoms with Gasteiger partial charge < -0.3 is 20.5 Å². The molecule has 0 aliphatic carbocycles. The number of carbonyl (C=O) groups excluding carboxylic acids is 1. The third kappa shape index (κ3) is 2.76. The lowest BCUT2D eigenvalue weighted by molar-refractivity contribution is 0.102. The van der Waals surface area contributed by atoms with Crippen LogP contribution in [0.5, 0.6) is 11.5 Å². The first-order chi connectivity index (χ1) is 10.1. The molecule has 0 saturated heterocycles. The number of aryl methyl sites for hydroxylation is 1. The Balaban J connectivity index is 1.85. The van der Waals surface area contributed by atoms with E-state index in [1.807, 2.05) is 0 Å². The molecule has 110 valence electrons. The molecule has 7 heteroatoms. The van der Waals surface area contributed by atoms with E-state index in [2.05, 4.69) is 10.4 Å². The third-order valence-electron chi connectivity index (χ3n) is 3.13. The smallest absolute Gasteiger partial charge is 0.258 e. The van der Waals surface area contributed by atoms with Crippen molar-refractivity contribution in [3.63, 3.8) is 0 Å². The van der Waals surface area contributed by atoms with Gasteiger partial charge in [-0.25, -0.2) is 0 Å². The molecule has 0 fully saturated rings. The predicted molar refractivity (Wildman–Crippen MR) is 77.6 cm³/mol. The van der Waals surface area contributed by atoms with Gasteiger partial charge in [-0.15, -0.1) is 0 Å². The Hall–Kier alpha value is -2.70. The highest BCUT2D eigenvalue weighted by atomic mass is 16.5. The van der Waals surface area contributed by atoms with Gasteiger partial charge in [-0.3, -0.25) is 9.48 Å². The lowest BCUT2D eigenvalue weighted by Crippen LogP contribution is -2.13. The van der Waals surface area contributed by atoms with Crippen molar-refractivity contribution in [3.05, 3.63) is 30.1 Å². The fourth-order valence-corrected chi connectivity index (χ4v) is 2.07. The average molecular weight is 288 g/mol. The van der Waals surface area contributed by atoms with Gasteiger partial charge >= 0.3 is 0 Å². The number of fused-ring (bicyclic) bond motifs is 1. The number of ether oxygens (including phenoxy) is 2. The number of anilines is 2. The largest absolute Gasteiger partial charge is 0.489 e. The highest BCUT2D eigenvalue weighted by molar-refractivity contribution is 6.05. The normalized spacial score (nSPS) is 13.6. The lowest BCUT2D eigenvalue weighted by atomic mass is 10.2. The van der Waals surface area contributed by atoms with Crippen LogP contribution in [0.1, 0.15) is 16.8 Å². The third-order valence-corrected chi connectivity index (χ3v) is 3.13. The van der Waals surface area contributed by atoms with Crippen molar-refractivity contribution in [2.45, 2.75) is 6.42 Å². The molecule has 1 aliphatic heterocycles. The SMILES string of the molecule is Cn1cc(C(=O)Nc2cc3c(cc2N)OCCCO3)cn1. The van der Waals surface area contributed by atoms with Crippen molar-refractivity contribution < 1.29 is 14.3 Å². The van der Waals surface area contributed by atoms with E-state index < -0.39 is 0 Å². The highest BCUT2D eigenvalue weighted by Gasteiger charge is 2.16. The average Bonchev–Trinajstić information content (AvgIpc) is 2.76. The van der Waals surface area contributed by atoms with Crippen molar-refractivity contribution in [2.24, 2.45) is 7.05 Å². The van der Waals surface area contributed by atoms with Crippen LogP contribution in [-0.4, -0.2) is 28.9 Å². The summed E-state index contributed by atoms with van der Waals surface area (Å²) < 4.78 is 12.7. The second kappa shape index (κ2) is 5.35. The predicted octanol–water partition coefficient (Wildman–Crippen LogP) is 1.42. The zero-order chi connectivity index (χ0) is 14.8. The van der Waals surface area contributed by atoms with Crippen molar-refractivity contribution in [3.8, 4) is 11.5 Å². The maximum atomic E-state index is 12.1. The molecule has 0 bridgehead atoms. The maximum absolute atomic E-state index is 12.1. The van der Waals surface area contributed by atoms with E-state index in [9.17, 15) is 4.79 Å². The number of aromatic nitrogens is 2. The van der Waals surface area contributed by atoms with Crippen molar-refractivity contribution >= 4 is 17.3 Å². The number of nitrogen functional groups attached to an aromatic ring is 1. The molecule has 1 aliphatic rings. The number of nitrogens with one attached hydrogen (secondary N) is 1. The Kier molecular flexibility index (Phi) is 3.39. The van der Waals surface area contributed by atoms with Crippen LogP contribution in [0, 0.1) is 0 Å². The summed E-state index contributed by atoms with van der Waals surface area (Å²) in [4.78, 5) is 12.1. The minimum atomic E-state index is -0.274. The molecule has 2 heterocycles. The van der Waals surface area contributed by atoms with Crippen LogP contribution >= 0.6 is 0 Å². The van der Waals surface area contributed by atoms with E-state index in [1.54, 1.807) is 30.1 Å². The molecule has 7 nitrogen and oxygen atoms in total. The van der Waals surface area contributed by atoms with Gasteiger partial charge in [0.15, 0.2) is 11.5 Å². The Morgan fingerprint density at radius 1 is 1.33 bits per heavy atom. The van der Waals surface area contributed by atoms with Crippen LogP contribution in [-0.2, 0) is 7.05 Å². The Bertz CT molecular complexity index is 681. The number of hydrogen-bond donors (Lipinski definition) is 2. The number of nitrogens with two attached hydrogens (primary N) is 1. The van der Waals surface area contributed by atoms with E-state index >= 15 is 0 Å². The van der Waals surface area contributed by atoms with Crippen LogP contribution in [0.4, 0.5) is 11.4 Å². The minimum Gasteiger partial charge on any atom is -0.489 e. The van der Waals surface area contributed by atoms with Crippen molar-refractivity contribution in [2.75, 3.05) is 24.3 Å². The van der Waals surface area contributed by atoms with E-state index in [1.165, 1.54) is 6.20 Å². The molecular weight excluding hydrogens is 272 g/mol. The van der Waals surface area contributed by atoms with Gasteiger partial charge in [0.25, 0.3) is 5.91 Å². The zero-order valence-corrected chi connectivity index (χ0v) is 11.6. The Morgan fingerprint density at radius 2 is 2.05 bits per heavy atom. The van der Waals surface area contributed by atoms with Crippen LogP contribution in [0.3, 0.4) is 0 Å². The summed E-state index contributed by atoms with van der Waals surface area (Å²) in [7, 11) is 1.75. The van der Waals surface area contributed by atoms with Crippen LogP contribution in [0.25, 0.3) is 0 Å². The number of benzene rings is 1. The Morgan fingerprint density at radius 3 is 2.71 bits per heavy atom. The van der Waals surface area contributed by atoms with Crippen LogP contribution < -0.4 is 20.5 Å². The lowest BCUT2D eigenvalue weighted by Gasteiger charge is -2.12. The summed E-state index contributed by atoms with van der Waals surface area (Å²) in [6, 6.07) is 3.35. The number of amides is 1. The molecule has 0 spiro atoms. The fraction of sp³-hybridized carbons (Fsp3) is 0.286. The molecule has 2 aromatic rings. The molecule has 1 aromatic heterocycles. The summed E-state index contributed by atoms with van der Waals surface area (Å²) in [6.07, 6.45) is 3.94. The van der Waals surface area contributed by atoms with Gasteiger partial charge in [0, 0.05) is 31.8 Å². The minimum absolute atomic E-state index is 0.274. The van der Waals surface area contributed by atoms with E-state index in [0.29, 0.717) is 41.7 Å². The maximum Gasteiger partial charge on any atom is 0.258 e. The van der Waals surface area contributed by atoms with Gasteiger partial charge in [-0.2, -0.15) is 5.10 Å². The monoisotopic (exact) mass is 288 g/mol. The molecule has 1 amide bonds.